The highest BCUT2D eigenvalue weighted by Gasteiger charge is 2.09. The zero-order valence-electron chi connectivity index (χ0n) is 9.87. The van der Waals surface area contributed by atoms with E-state index in [-0.39, 0.29) is 0 Å². The van der Waals surface area contributed by atoms with Crippen molar-refractivity contribution in [2.75, 3.05) is 6.61 Å². The smallest absolute Gasteiger partial charge is 0.0436 e. The average Bonchev–Trinajstić information content (AvgIpc) is 2.29. The van der Waals surface area contributed by atoms with E-state index in [1.165, 1.54) is 24.0 Å². The number of aliphatic hydroxyl groups is 1. The predicted octanol–water partition coefficient (Wildman–Crippen LogP) is 3.52. The van der Waals surface area contributed by atoms with Gasteiger partial charge < -0.3 is 5.11 Å². The summed E-state index contributed by atoms with van der Waals surface area (Å²) in [6.45, 7) is 4.66. The van der Waals surface area contributed by atoms with Gasteiger partial charge in [0.1, 0.15) is 0 Å². The van der Waals surface area contributed by atoms with Crippen molar-refractivity contribution >= 4 is 0 Å². The molecule has 1 nitrogen and oxygen atoms in total. The summed E-state index contributed by atoms with van der Waals surface area (Å²) in [7, 11) is 0. The maximum absolute atomic E-state index is 9.03. The number of benzene rings is 1. The van der Waals surface area contributed by atoms with Gasteiger partial charge in [0.25, 0.3) is 0 Å². The zero-order valence-corrected chi connectivity index (χ0v) is 9.87. The molecule has 0 aliphatic heterocycles. The highest BCUT2D eigenvalue weighted by molar-refractivity contribution is 5.25. The number of hydrogen-bond acceptors (Lipinski definition) is 1. The molecule has 0 radical (unpaired) electrons. The summed E-state index contributed by atoms with van der Waals surface area (Å²) in [5, 5.41) is 9.03. The third kappa shape index (κ3) is 3.67. The molecule has 1 aromatic carbocycles. The van der Waals surface area contributed by atoms with Crippen LogP contribution >= 0.6 is 0 Å². The van der Waals surface area contributed by atoms with E-state index in [9.17, 15) is 0 Å². The van der Waals surface area contributed by atoms with Gasteiger partial charge in [-0.3, -0.25) is 0 Å². The van der Waals surface area contributed by atoms with E-state index < -0.39 is 0 Å². The Bertz CT molecular complexity index is 257. The lowest BCUT2D eigenvalue weighted by Crippen LogP contribution is -2.01. The summed E-state index contributed by atoms with van der Waals surface area (Å²) in [6, 6.07) is 8.84. The van der Waals surface area contributed by atoms with Gasteiger partial charge in [-0.05, 0) is 36.3 Å². The maximum Gasteiger partial charge on any atom is 0.0436 e. The predicted molar refractivity (Wildman–Crippen MR) is 65.2 cm³/mol. The lowest BCUT2D eigenvalue weighted by atomic mass is 9.91. The van der Waals surface area contributed by atoms with Crippen molar-refractivity contribution in [2.45, 2.75) is 45.4 Å². The Morgan fingerprint density at radius 3 is 2.20 bits per heavy atom. The monoisotopic (exact) mass is 206 g/mol. The van der Waals surface area contributed by atoms with E-state index in [0.717, 1.165) is 12.8 Å². The van der Waals surface area contributed by atoms with Gasteiger partial charge in [-0.1, -0.05) is 44.5 Å². The molecule has 1 aromatic rings. The topological polar surface area (TPSA) is 20.2 Å². The van der Waals surface area contributed by atoms with Gasteiger partial charge in [-0.2, -0.15) is 0 Å². The second-order valence-corrected chi connectivity index (χ2v) is 4.09. The molecule has 0 amide bonds. The van der Waals surface area contributed by atoms with Crippen LogP contribution in [0.5, 0.6) is 0 Å². The van der Waals surface area contributed by atoms with Gasteiger partial charge in [0.2, 0.25) is 0 Å². The molecule has 0 fully saturated rings. The molecule has 84 valence electrons. The average molecular weight is 206 g/mol. The first-order chi connectivity index (χ1) is 7.31. The van der Waals surface area contributed by atoms with Crippen LogP contribution in [0.2, 0.25) is 0 Å². The van der Waals surface area contributed by atoms with E-state index >= 15 is 0 Å². The molecule has 0 aliphatic carbocycles. The minimum absolute atomic E-state index is 0.292. The van der Waals surface area contributed by atoms with Crippen LogP contribution in [0.1, 0.15) is 50.2 Å². The van der Waals surface area contributed by atoms with Crippen LogP contribution in [0.25, 0.3) is 0 Å². The highest BCUT2D eigenvalue weighted by Crippen LogP contribution is 2.24. The van der Waals surface area contributed by atoms with Crippen molar-refractivity contribution in [3.05, 3.63) is 35.4 Å². The second kappa shape index (κ2) is 6.62. The molecule has 1 unspecified atom stereocenters. The van der Waals surface area contributed by atoms with Crippen molar-refractivity contribution < 1.29 is 5.11 Å². The third-order valence-electron chi connectivity index (χ3n) is 2.97. The fourth-order valence-corrected chi connectivity index (χ4v) is 2.01. The van der Waals surface area contributed by atoms with Gasteiger partial charge in [0.15, 0.2) is 0 Å². The SMILES string of the molecule is CCCC(CCO)c1ccc(CC)cc1. The molecule has 0 aliphatic rings. The summed E-state index contributed by atoms with van der Waals surface area (Å²) < 4.78 is 0. The molecule has 0 bridgehead atoms. The lowest BCUT2D eigenvalue weighted by Gasteiger charge is -2.15. The molecule has 1 rings (SSSR count). The minimum Gasteiger partial charge on any atom is -0.396 e. The van der Waals surface area contributed by atoms with Crippen molar-refractivity contribution in [1.82, 2.24) is 0 Å². The largest absolute Gasteiger partial charge is 0.396 e. The fraction of sp³-hybridized carbons (Fsp3) is 0.571. The van der Waals surface area contributed by atoms with Gasteiger partial charge in [-0.25, -0.2) is 0 Å². The Morgan fingerprint density at radius 1 is 1.07 bits per heavy atom. The Balaban J connectivity index is 2.72. The van der Waals surface area contributed by atoms with E-state index in [1.807, 2.05) is 0 Å². The summed E-state index contributed by atoms with van der Waals surface area (Å²) in [5.41, 5.74) is 2.76. The molecule has 1 heteroatoms. The summed E-state index contributed by atoms with van der Waals surface area (Å²) >= 11 is 0. The number of rotatable bonds is 6. The molecule has 1 N–H and O–H groups in total. The molecule has 0 saturated heterocycles. The quantitative estimate of drug-likeness (QED) is 0.755. The molecule has 1 atom stereocenters. The number of hydrogen-bond donors (Lipinski definition) is 1. The maximum atomic E-state index is 9.03. The van der Waals surface area contributed by atoms with Crippen molar-refractivity contribution in [3.8, 4) is 0 Å². The van der Waals surface area contributed by atoms with Crippen LogP contribution in [0.15, 0.2) is 24.3 Å². The first-order valence-corrected chi connectivity index (χ1v) is 6.01. The van der Waals surface area contributed by atoms with Gasteiger partial charge in [-0.15, -0.1) is 0 Å². The van der Waals surface area contributed by atoms with Crippen LogP contribution in [-0.2, 0) is 6.42 Å². The molecule has 0 aromatic heterocycles. The third-order valence-corrected chi connectivity index (χ3v) is 2.97. The van der Waals surface area contributed by atoms with Crippen molar-refractivity contribution in [1.29, 1.82) is 0 Å². The summed E-state index contributed by atoms with van der Waals surface area (Å²) in [4.78, 5) is 0. The summed E-state index contributed by atoms with van der Waals surface area (Å²) in [5.74, 6) is 0.533. The Hall–Kier alpha value is -0.820. The molecule has 15 heavy (non-hydrogen) atoms. The van der Waals surface area contributed by atoms with Crippen LogP contribution < -0.4 is 0 Å². The molecular weight excluding hydrogens is 184 g/mol. The van der Waals surface area contributed by atoms with E-state index in [4.69, 9.17) is 5.11 Å². The molecule has 0 heterocycles. The second-order valence-electron chi connectivity index (χ2n) is 4.09. The van der Waals surface area contributed by atoms with Gasteiger partial charge in [0.05, 0.1) is 0 Å². The Morgan fingerprint density at radius 2 is 1.73 bits per heavy atom. The van der Waals surface area contributed by atoms with Crippen LogP contribution in [0.4, 0.5) is 0 Å². The number of aryl methyl sites for hydroxylation is 1. The van der Waals surface area contributed by atoms with Crippen LogP contribution in [0, 0.1) is 0 Å². The first-order valence-electron chi connectivity index (χ1n) is 6.01. The summed E-state index contributed by atoms with van der Waals surface area (Å²) in [6.07, 6.45) is 4.34. The van der Waals surface area contributed by atoms with Gasteiger partial charge in [0, 0.05) is 6.61 Å². The fourth-order valence-electron chi connectivity index (χ4n) is 2.01. The van der Waals surface area contributed by atoms with Crippen LogP contribution in [0.3, 0.4) is 0 Å². The zero-order chi connectivity index (χ0) is 11.1. The standard InChI is InChI=1S/C14H22O/c1-3-5-13(10-11-15)14-8-6-12(4-2)7-9-14/h6-9,13,15H,3-5,10-11H2,1-2H3. The Labute approximate surface area is 93.1 Å². The Kier molecular flexibility index (Phi) is 5.41. The van der Waals surface area contributed by atoms with Gasteiger partial charge >= 0.3 is 0 Å². The first kappa shape index (κ1) is 12.3. The van der Waals surface area contributed by atoms with Crippen LogP contribution in [-0.4, -0.2) is 11.7 Å². The highest BCUT2D eigenvalue weighted by atomic mass is 16.3. The normalized spacial score (nSPS) is 12.7. The van der Waals surface area contributed by atoms with Crippen molar-refractivity contribution in [3.63, 3.8) is 0 Å². The molecular formula is C14H22O. The van der Waals surface area contributed by atoms with Crippen molar-refractivity contribution in [2.24, 2.45) is 0 Å². The van der Waals surface area contributed by atoms with E-state index in [1.54, 1.807) is 0 Å². The molecule has 0 spiro atoms. The number of aliphatic hydroxyl groups excluding tert-OH is 1. The van der Waals surface area contributed by atoms with E-state index in [0.29, 0.717) is 12.5 Å². The molecule has 0 saturated carbocycles. The minimum atomic E-state index is 0.292. The lowest BCUT2D eigenvalue weighted by molar-refractivity contribution is 0.272. The van der Waals surface area contributed by atoms with E-state index in [2.05, 4.69) is 38.1 Å².